The Balaban J connectivity index is 1.97. The van der Waals surface area contributed by atoms with Gasteiger partial charge in [0, 0.05) is 18.4 Å². The summed E-state index contributed by atoms with van der Waals surface area (Å²) in [6, 6.07) is 0. The second kappa shape index (κ2) is 4.95. The largest absolute Gasteiger partial charge is 0.478 e. The van der Waals surface area contributed by atoms with Crippen molar-refractivity contribution in [1.29, 1.82) is 0 Å². The van der Waals surface area contributed by atoms with E-state index < -0.39 is 11.8 Å². The number of carboxylic acid groups (broad SMARTS) is 1. The number of aliphatic carboxylic acids is 1. The molecule has 2 fully saturated rings. The number of hydrogen-bond acceptors (Lipinski definition) is 4. The lowest BCUT2D eigenvalue weighted by Crippen LogP contribution is -2.46. The van der Waals surface area contributed by atoms with Crippen LogP contribution in [-0.2, 0) is 19.0 Å². The summed E-state index contributed by atoms with van der Waals surface area (Å²) in [4.78, 5) is 10.4. The number of allylic oxidation sites excluding steroid dienone is 1. The van der Waals surface area contributed by atoms with Crippen LogP contribution in [0.1, 0.15) is 12.8 Å². The molecule has 1 spiro atoms. The van der Waals surface area contributed by atoms with Crippen LogP contribution in [-0.4, -0.2) is 43.3 Å². The van der Waals surface area contributed by atoms with Crippen molar-refractivity contribution >= 4 is 5.97 Å². The predicted molar refractivity (Wildman–Crippen MR) is 55.0 cm³/mol. The van der Waals surface area contributed by atoms with E-state index >= 15 is 0 Å². The van der Waals surface area contributed by atoms with E-state index in [2.05, 4.69) is 0 Å². The average Bonchev–Trinajstić information content (AvgIpc) is 2.70. The number of carboxylic acids is 1. The molecule has 1 unspecified atom stereocenters. The third-order valence-corrected chi connectivity index (χ3v) is 2.99. The van der Waals surface area contributed by atoms with E-state index in [9.17, 15) is 4.79 Å². The molecule has 0 amide bonds. The first-order chi connectivity index (χ1) is 7.73. The zero-order chi connectivity index (χ0) is 11.4. The molecule has 1 atom stereocenters. The molecule has 1 N–H and O–H groups in total. The minimum absolute atomic E-state index is 0.0827. The summed E-state index contributed by atoms with van der Waals surface area (Å²) in [5.74, 6) is -1.39. The summed E-state index contributed by atoms with van der Waals surface area (Å²) in [6.07, 6.45) is 4.11. The second-order valence-electron chi connectivity index (χ2n) is 4.01. The summed E-state index contributed by atoms with van der Waals surface area (Å²) in [5.41, 5.74) is 0. The van der Waals surface area contributed by atoms with Gasteiger partial charge in [0.05, 0.1) is 26.4 Å². The molecule has 0 aromatic carbocycles. The molecule has 90 valence electrons. The van der Waals surface area contributed by atoms with Gasteiger partial charge in [-0.2, -0.15) is 0 Å². The van der Waals surface area contributed by atoms with Crippen molar-refractivity contribution in [1.82, 2.24) is 0 Å². The van der Waals surface area contributed by atoms with E-state index in [-0.39, 0.29) is 5.92 Å². The highest BCUT2D eigenvalue weighted by molar-refractivity contribution is 5.79. The van der Waals surface area contributed by atoms with Gasteiger partial charge in [-0.1, -0.05) is 6.08 Å². The first-order valence-electron chi connectivity index (χ1n) is 5.48. The lowest BCUT2D eigenvalue weighted by atomic mass is 9.91. The summed E-state index contributed by atoms with van der Waals surface area (Å²) in [7, 11) is 0. The topological polar surface area (TPSA) is 65.0 Å². The lowest BCUT2D eigenvalue weighted by Gasteiger charge is -2.38. The van der Waals surface area contributed by atoms with Crippen LogP contribution < -0.4 is 0 Å². The highest BCUT2D eigenvalue weighted by Crippen LogP contribution is 2.37. The first kappa shape index (κ1) is 11.6. The zero-order valence-electron chi connectivity index (χ0n) is 9.05. The Kier molecular flexibility index (Phi) is 3.58. The minimum Gasteiger partial charge on any atom is -0.478 e. The Bertz CT molecular complexity index is 280. The quantitative estimate of drug-likeness (QED) is 0.724. The van der Waals surface area contributed by atoms with Gasteiger partial charge < -0.3 is 19.3 Å². The molecule has 2 rings (SSSR count). The molecule has 0 aromatic heterocycles. The van der Waals surface area contributed by atoms with Gasteiger partial charge in [0.1, 0.15) is 0 Å². The van der Waals surface area contributed by atoms with Crippen LogP contribution in [0.3, 0.4) is 0 Å². The lowest BCUT2D eigenvalue weighted by molar-refractivity contribution is -0.238. The van der Waals surface area contributed by atoms with E-state index in [1.54, 1.807) is 6.08 Å². The van der Waals surface area contributed by atoms with Gasteiger partial charge in [-0.15, -0.1) is 0 Å². The van der Waals surface area contributed by atoms with Gasteiger partial charge in [-0.3, -0.25) is 0 Å². The Morgan fingerprint density at radius 1 is 1.38 bits per heavy atom. The number of hydrogen-bond donors (Lipinski definition) is 1. The summed E-state index contributed by atoms with van der Waals surface area (Å²) >= 11 is 0. The minimum atomic E-state index is -0.931. The Hall–Kier alpha value is -0.910. The van der Waals surface area contributed by atoms with Gasteiger partial charge in [-0.25, -0.2) is 4.79 Å². The van der Waals surface area contributed by atoms with Gasteiger partial charge in [0.25, 0.3) is 0 Å². The molecule has 0 bridgehead atoms. The average molecular weight is 228 g/mol. The fraction of sp³-hybridized carbons (Fsp3) is 0.727. The van der Waals surface area contributed by atoms with Crippen LogP contribution in [0.15, 0.2) is 12.2 Å². The molecule has 0 radical (unpaired) electrons. The van der Waals surface area contributed by atoms with Crippen molar-refractivity contribution < 1.29 is 24.1 Å². The predicted octanol–water partition coefficient (Wildman–Crippen LogP) is 0.797. The number of ether oxygens (including phenoxy) is 3. The molecule has 2 aliphatic heterocycles. The highest BCUT2D eigenvalue weighted by atomic mass is 16.7. The molecular weight excluding hydrogens is 212 g/mol. The van der Waals surface area contributed by atoms with Crippen LogP contribution in [0.5, 0.6) is 0 Å². The third-order valence-electron chi connectivity index (χ3n) is 2.99. The molecule has 2 heterocycles. The van der Waals surface area contributed by atoms with E-state index in [1.807, 2.05) is 0 Å². The van der Waals surface area contributed by atoms with Crippen LogP contribution in [0.2, 0.25) is 0 Å². The van der Waals surface area contributed by atoms with Crippen LogP contribution in [0, 0.1) is 5.92 Å². The maximum Gasteiger partial charge on any atom is 0.327 e. The van der Waals surface area contributed by atoms with Crippen molar-refractivity contribution in [3.8, 4) is 0 Å². The van der Waals surface area contributed by atoms with E-state index in [4.69, 9.17) is 19.3 Å². The maximum absolute atomic E-state index is 10.4. The van der Waals surface area contributed by atoms with Crippen LogP contribution in [0.4, 0.5) is 0 Å². The Labute approximate surface area is 94.0 Å². The van der Waals surface area contributed by atoms with E-state index in [0.717, 1.165) is 12.5 Å². The molecule has 2 aliphatic rings. The van der Waals surface area contributed by atoms with Gasteiger partial charge >= 0.3 is 5.97 Å². The van der Waals surface area contributed by atoms with E-state index in [1.165, 1.54) is 0 Å². The normalized spacial score (nSPS) is 28.9. The smallest absolute Gasteiger partial charge is 0.327 e. The van der Waals surface area contributed by atoms with Crippen molar-refractivity contribution in [3.63, 3.8) is 0 Å². The fourth-order valence-electron chi connectivity index (χ4n) is 2.20. The summed E-state index contributed by atoms with van der Waals surface area (Å²) < 4.78 is 16.7. The molecule has 0 aromatic rings. The number of carbonyl (C=O) groups is 1. The van der Waals surface area contributed by atoms with Crippen molar-refractivity contribution in [2.24, 2.45) is 5.92 Å². The molecule has 16 heavy (non-hydrogen) atoms. The zero-order valence-corrected chi connectivity index (χ0v) is 9.05. The maximum atomic E-state index is 10.4. The molecular formula is C11H16O5. The molecule has 0 saturated carbocycles. The fourth-order valence-corrected chi connectivity index (χ4v) is 2.20. The van der Waals surface area contributed by atoms with E-state index in [0.29, 0.717) is 32.8 Å². The van der Waals surface area contributed by atoms with Gasteiger partial charge in [0.15, 0.2) is 5.79 Å². The monoisotopic (exact) mass is 228 g/mol. The van der Waals surface area contributed by atoms with Gasteiger partial charge in [0.2, 0.25) is 0 Å². The summed E-state index contributed by atoms with van der Waals surface area (Å²) in [5, 5.41) is 8.52. The van der Waals surface area contributed by atoms with Crippen molar-refractivity contribution in [2.75, 3.05) is 26.4 Å². The van der Waals surface area contributed by atoms with Gasteiger partial charge in [-0.05, 0) is 6.42 Å². The first-order valence-corrected chi connectivity index (χ1v) is 5.48. The van der Waals surface area contributed by atoms with Crippen molar-refractivity contribution in [2.45, 2.75) is 18.6 Å². The molecule has 2 saturated heterocycles. The standard InChI is InChI=1S/C11H16O5/c12-10(13)3-1-2-9-8-14-5-4-11(9)15-6-7-16-11/h1,3,9H,2,4-8H2,(H,12,13). The van der Waals surface area contributed by atoms with Crippen molar-refractivity contribution in [3.05, 3.63) is 12.2 Å². The van der Waals surface area contributed by atoms with Crippen LogP contribution >= 0.6 is 0 Å². The third kappa shape index (κ3) is 2.42. The Morgan fingerprint density at radius 3 is 2.81 bits per heavy atom. The van der Waals surface area contributed by atoms with Crippen LogP contribution in [0.25, 0.3) is 0 Å². The Morgan fingerprint density at radius 2 is 2.12 bits per heavy atom. The summed E-state index contributed by atoms with van der Waals surface area (Å²) in [6.45, 7) is 2.42. The number of rotatable bonds is 3. The molecule has 5 nitrogen and oxygen atoms in total. The highest BCUT2D eigenvalue weighted by Gasteiger charge is 2.45. The molecule has 5 heteroatoms. The SMILES string of the molecule is O=C(O)C=CCC1COCCC12OCCO2. The molecule has 0 aliphatic carbocycles. The second-order valence-corrected chi connectivity index (χ2v) is 4.01.